The molecule has 0 aliphatic carbocycles. The van der Waals surface area contributed by atoms with Crippen molar-refractivity contribution >= 4 is 28.6 Å². The Bertz CT molecular complexity index is 1410. The van der Waals surface area contributed by atoms with Crippen LogP contribution in [0.15, 0.2) is 78.2 Å². The molecule has 1 N–H and O–H groups in total. The third-order valence-corrected chi connectivity index (χ3v) is 5.72. The fraction of sp³-hybridized carbons (Fsp3) is 0.0833. The van der Waals surface area contributed by atoms with Gasteiger partial charge in [-0.1, -0.05) is 24.3 Å². The molecular formula is C24H19N5O3S. The minimum atomic E-state index is -0.267. The van der Waals surface area contributed by atoms with Crippen LogP contribution in [0.25, 0.3) is 27.6 Å². The molecule has 0 fully saturated rings. The maximum atomic E-state index is 12.4. The van der Waals surface area contributed by atoms with Crippen LogP contribution in [0, 0.1) is 0 Å². The van der Waals surface area contributed by atoms with Gasteiger partial charge in [-0.05, 0) is 47.8 Å². The lowest BCUT2D eigenvalue weighted by molar-refractivity contribution is -0.118. The molecule has 0 unspecified atom stereocenters. The molecule has 5 rings (SSSR count). The summed E-state index contributed by atoms with van der Waals surface area (Å²) in [7, 11) is 1.58. The minimum Gasteiger partial charge on any atom is -0.497 e. The number of fused-ring (bicyclic) bond motifs is 1. The number of rotatable bonds is 7. The molecule has 0 radical (unpaired) electrons. The van der Waals surface area contributed by atoms with E-state index in [9.17, 15) is 4.79 Å². The molecule has 0 spiro atoms. The molecule has 1 amide bonds. The zero-order valence-electron chi connectivity index (χ0n) is 17.6. The third kappa shape index (κ3) is 4.53. The van der Waals surface area contributed by atoms with Crippen molar-refractivity contribution in [1.82, 2.24) is 19.8 Å². The van der Waals surface area contributed by atoms with E-state index in [0.717, 1.165) is 16.1 Å². The number of anilines is 1. The molecule has 0 saturated carbocycles. The number of ether oxygens (including phenoxy) is 2. The van der Waals surface area contributed by atoms with Crippen molar-refractivity contribution in [3.05, 3.63) is 78.2 Å². The maximum Gasteiger partial charge on any atom is 0.262 e. The SMILES string of the molecule is COc1cccc(OCC(=O)Nc2cccc(-c3ccc4nnc(-c5cccs5)n4n3)c2)c1. The number of methoxy groups -OCH3 is 1. The summed E-state index contributed by atoms with van der Waals surface area (Å²) in [6.07, 6.45) is 0. The Morgan fingerprint density at radius 3 is 2.73 bits per heavy atom. The van der Waals surface area contributed by atoms with E-state index >= 15 is 0 Å². The lowest BCUT2D eigenvalue weighted by atomic mass is 10.1. The fourth-order valence-corrected chi connectivity index (χ4v) is 3.99. The van der Waals surface area contributed by atoms with Crippen molar-refractivity contribution in [2.75, 3.05) is 19.0 Å². The predicted molar refractivity (Wildman–Crippen MR) is 127 cm³/mol. The van der Waals surface area contributed by atoms with Crippen molar-refractivity contribution in [3.8, 4) is 33.5 Å². The Kier molecular flexibility index (Phi) is 5.69. The summed E-state index contributed by atoms with van der Waals surface area (Å²) in [5.74, 6) is 1.66. The van der Waals surface area contributed by atoms with E-state index in [-0.39, 0.29) is 12.5 Å². The number of aromatic nitrogens is 4. The average Bonchev–Trinajstić information content (AvgIpc) is 3.52. The molecular weight excluding hydrogens is 438 g/mol. The van der Waals surface area contributed by atoms with Crippen molar-refractivity contribution in [3.63, 3.8) is 0 Å². The number of nitrogens with zero attached hydrogens (tertiary/aromatic N) is 4. The van der Waals surface area contributed by atoms with Crippen LogP contribution >= 0.6 is 11.3 Å². The van der Waals surface area contributed by atoms with Crippen LogP contribution in [0.1, 0.15) is 0 Å². The highest BCUT2D eigenvalue weighted by atomic mass is 32.1. The number of amides is 1. The predicted octanol–water partition coefficient (Wildman–Crippen LogP) is 4.55. The number of benzene rings is 2. The first-order valence-corrected chi connectivity index (χ1v) is 11.0. The van der Waals surface area contributed by atoms with Gasteiger partial charge in [0.1, 0.15) is 11.5 Å². The van der Waals surface area contributed by atoms with E-state index in [2.05, 4.69) is 15.5 Å². The first-order valence-electron chi connectivity index (χ1n) is 10.1. The second kappa shape index (κ2) is 9.09. The highest BCUT2D eigenvalue weighted by molar-refractivity contribution is 7.13. The van der Waals surface area contributed by atoms with E-state index in [1.165, 1.54) is 0 Å². The minimum absolute atomic E-state index is 0.119. The zero-order chi connectivity index (χ0) is 22.6. The number of carbonyl (C=O) groups excluding carboxylic acids is 1. The topological polar surface area (TPSA) is 90.6 Å². The van der Waals surface area contributed by atoms with Gasteiger partial charge in [-0.2, -0.15) is 9.61 Å². The van der Waals surface area contributed by atoms with Gasteiger partial charge < -0.3 is 14.8 Å². The number of thiophene rings is 1. The molecule has 9 heteroatoms. The van der Waals surface area contributed by atoms with Gasteiger partial charge >= 0.3 is 0 Å². The largest absolute Gasteiger partial charge is 0.497 e. The summed E-state index contributed by atoms with van der Waals surface area (Å²) in [4.78, 5) is 13.4. The number of nitrogens with one attached hydrogen (secondary N) is 1. The molecule has 0 aliphatic heterocycles. The molecule has 5 aromatic rings. The standard InChI is InChI=1S/C24H19N5O3S/c1-31-18-7-3-8-19(14-18)32-15-23(30)25-17-6-2-5-16(13-17)20-10-11-22-26-27-24(29(22)28-20)21-9-4-12-33-21/h2-14H,15H2,1H3,(H,25,30). The van der Waals surface area contributed by atoms with E-state index in [0.29, 0.717) is 28.7 Å². The quantitative estimate of drug-likeness (QED) is 0.386. The van der Waals surface area contributed by atoms with E-state index in [1.54, 1.807) is 41.2 Å². The molecule has 0 aliphatic rings. The summed E-state index contributed by atoms with van der Waals surface area (Å²) in [6, 6.07) is 22.3. The number of hydrogen-bond acceptors (Lipinski definition) is 7. The number of hydrogen-bond donors (Lipinski definition) is 1. The van der Waals surface area contributed by atoms with Crippen molar-refractivity contribution in [2.24, 2.45) is 0 Å². The summed E-state index contributed by atoms with van der Waals surface area (Å²) in [5, 5.41) is 18.0. The van der Waals surface area contributed by atoms with Gasteiger partial charge in [-0.25, -0.2) is 0 Å². The zero-order valence-corrected chi connectivity index (χ0v) is 18.5. The van der Waals surface area contributed by atoms with Gasteiger partial charge in [0.15, 0.2) is 18.1 Å². The van der Waals surface area contributed by atoms with Crippen LogP contribution in [0.3, 0.4) is 0 Å². The molecule has 8 nitrogen and oxygen atoms in total. The van der Waals surface area contributed by atoms with Gasteiger partial charge in [-0.15, -0.1) is 21.5 Å². The van der Waals surface area contributed by atoms with Gasteiger partial charge in [0.25, 0.3) is 5.91 Å². The lowest BCUT2D eigenvalue weighted by Gasteiger charge is -2.10. The Hall–Kier alpha value is -4.24. The van der Waals surface area contributed by atoms with Gasteiger partial charge in [0.05, 0.1) is 17.7 Å². The monoisotopic (exact) mass is 457 g/mol. The maximum absolute atomic E-state index is 12.4. The van der Waals surface area contributed by atoms with Crippen LogP contribution < -0.4 is 14.8 Å². The summed E-state index contributed by atoms with van der Waals surface area (Å²) >= 11 is 1.58. The van der Waals surface area contributed by atoms with Crippen molar-refractivity contribution < 1.29 is 14.3 Å². The van der Waals surface area contributed by atoms with Crippen molar-refractivity contribution in [1.29, 1.82) is 0 Å². The fourth-order valence-electron chi connectivity index (χ4n) is 3.30. The van der Waals surface area contributed by atoms with Gasteiger partial charge in [0, 0.05) is 17.3 Å². The normalized spacial score (nSPS) is 10.8. The molecule has 33 heavy (non-hydrogen) atoms. The average molecular weight is 458 g/mol. The Balaban J connectivity index is 1.32. The first-order chi connectivity index (χ1) is 16.2. The molecule has 0 saturated heterocycles. The smallest absolute Gasteiger partial charge is 0.262 e. The highest BCUT2D eigenvalue weighted by Gasteiger charge is 2.12. The van der Waals surface area contributed by atoms with Crippen LogP contribution in [0.4, 0.5) is 5.69 Å². The summed E-state index contributed by atoms with van der Waals surface area (Å²) in [5.41, 5.74) is 2.91. The molecule has 3 aromatic heterocycles. The van der Waals surface area contributed by atoms with E-state index in [1.807, 2.05) is 60.0 Å². The molecule has 3 heterocycles. The van der Waals surface area contributed by atoms with Crippen LogP contribution in [0.2, 0.25) is 0 Å². The van der Waals surface area contributed by atoms with E-state index in [4.69, 9.17) is 14.6 Å². The molecule has 0 bridgehead atoms. The van der Waals surface area contributed by atoms with Crippen LogP contribution in [-0.4, -0.2) is 39.4 Å². The first kappa shape index (κ1) is 20.7. The Morgan fingerprint density at radius 1 is 1.00 bits per heavy atom. The lowest BCUT2D eigenvalue weighted by Crippen LogP contribution is -2.20. The Morgan fingerprint density at radius 2 is 1.88 bits per heavy atom. The Labute approximate surface area is 193 Å². The second-order valence-corrected chi connectivity index (χ2v) is 8.03. The summed E-state index contributed by atoms with van der Waals surface area (Å²) < 4.78 is 12.5. The summed E-state index contributed by atoms with van der Waals surface area (Å²) in [6.45, 7) is -0.119. The van der Waals surface area contributed by atoms with Gasteiger partial charge in [0.2, 0.25) is 0 Å². The second-order valence-electron chi connectivity index (χ2n) is 7.09. The van der Waals surface area contributed by atoms with Crippen LogP contribution in [-0.2, 0) is 4.79 Å². The molecule has 164 valence electrons. The highest BCUT2D eigenvalue weighted by Crippen LogP contribution is 2.26. The molecule has 0 atom stereocenters. The van der Waals surface area contributed by atoms with Gasteiger partial charge in [-0.3, -0.25) is 4.79 Å². The van der Waals surface area contributed by atoms with E-state index < -0.39 is 0 Å². The molecule has 2 aromatic carbocycles. The van der Waals surface area contributed by atoms with Crippen molar-refractivity contribution in [2.45, 2.75) is 0 Å². The third-order valence-electron chi connectivity index (χ3n) is 4.86. The number of carbonyl (C=O) groups is 1. The van der Waals surface area contributed by atoms with Crippen LogP contribution in [0.5, 0.6) is 11.5 Å².